The number of amides is 1. The number of hydrogen-bond donors (Lipinski definition) is 1. The molecule has 0 spiro atoms. The highest BCUT2D eigenvalue weighted by atomic mass is 16.7. The van der Waals surface area contributed by atoms with Gasteiger partial charge in [-0.3, -0.25) is 14.5 Å². The van der Waals surface area contributed by atoms with Crippen LogP contribution in [0.4, 0.5) is 0 Å². The summed E-state index contributed by atoms with van der Waals surface area (Å²) in [5.41, 5.74) is 1.51. The topological polar surface area (TPSA) is 48.1 Å². The van der Waals surface area contributed by atoms with Gasteiger partial charge in [0.1, 0.15) is 18.2 Å². The van der Waals surface area contributed by atoms with E-state index in [1.807, 2.05) is 11.0 Å². The maximum atomic E-state index is 12.1. The fourth-order valence-corrected chi connectivity index (χ4v) is 2.63. The van der Waals surface area contributed by atoms with Gasteiger partial charge in [0.25, 0.3) is 5.91 Å². The molecular weight excluding hydrogens is 244 g/mol. The molecule has 1 amide bonds. The lowest BCUT2D eigenvalue weighted by Gasteiger charge is -2.39. The fraction of sp³-hybridized carbons (Fsp3) is 0.462. The molecule has 102 valence electrons. The lowest BCUT2D eigenvalue weighted by atomic mass is 10.2. The molecule has 6 nitrogen and oxygen atoms in total. The van der Waals surface area contributed by atoms with Crippen molar-refractivity contribution >= 4 is 5.91 Å². The van der Waals surface area contributed by atoms with E-state index in [2.05, 4.69) is 23.2 Å². The molecule has 19 heavy (non-hydrogen) atoms. The summed E-state index contributed by atoms with van der Waals surface area (Å²) in [7, 11) is 1.60. The van der Waals surface area contributed by atoms with E-state index < -0.39 is 0 Å². The van der Waals surface area contributed by atoms with Gasteiger partial charge in [0.15, 0.2) is 0 Å². The molecule has 3 heterocycles. The van der Waals surface area contributed by atoms with Crippen molar-refractivity contribution in [2.24, 2.45) is 0 Å². The van der Waals surface area contributed by atoms with E-state index in [-0.39, 0.29) is 5.91 Å². The molecular formula is C13H18N4O2. The van der Waals surface area contributed by atoms with Crippen LogP contribution >= 0.6 is 0 Å². The Hall–Kier alpha value is -1.95. The van der Waals surface area contributed by atoms with E-state index in [0.717, 1.165) is 31.0 Å². The number of fused-ring (bicyclic) bond motifs is 2. The predicted octanol–water partition coefficient (Wildman–Crippen LogP) is 0.545. The Kier molecular flexibility index (Phi) is 2.94. The first-order chi connectivity index (χ1) is 9.24. The fourth-order valence-electron chi connectivity index (χ4n) is 2.63. The summed E-state index contributed by atoms with van der Waals surface area (Å²) in [5, 5.41) is 4.60. The van der Waals surface area contributed by atoms with Crippen LogP contribution in [0.2, 0.25) is 0 Å². The van der Waals surface area contributed by atoms with Crippen molar-refractivity contribution in [3.05, 3.63) is 35.6 Å². The Morgan fingerprint density at radius 2 is 2.32 bits per heavy atom. The maximum absolute atomic E-state index is 12.1. The van der Waals surface area contributed by atoms with Crippen molar-refractivity contribution in [2.75, 3.05) is 26.9 Å². The molecule has 0 aromatic heterocycles. The smallest absolute Gasteiger partial charge is 0.274 e. The molecule has 0 aromatic carbocycles. The van der Waals surface area contributed by atoms with Crippen LogP contribution in [0, 0.1) is 0 Å². The van der Waals surface area contributed by atoms with E-state index in [1.165, 1.54) is 0 Å². The van der Waals surface area contributed by atoms with Gasteiger partial charge >= 0.3 is 0 Å². The summed E-state index contributed by atoms with van der Waals surface area (Å²) in [6.45, 7) is 4.55. The average molecular weight is 262 g/mol. The molecule has 3 aliphatic heterocycles. The highest BCUT2D eigenvalue weighted by Gasteiger charge is 2.37. The van der Waals surface area contributed by atoms with Crippen LogP contribution in [-0.4, -0.2) is 47.6 Å². The molecule has 0 aliphatic carbocycles. The second-order valence-electron chi connectivity index (χ2n) is 4.72. The molecule has 1 N–H and O–H groups in total. The minimum atomic E-state index is -0.0821. The average Bonchev–Trinajstić information content (AvgIpc) is 2.84. The summed E-state index contributed by atoms with van der Waals surface area (Å²) in [5.74, 6) is 0.982. The van der Waals surface area contributed by atoms with Crippen LogP contribution in [0.3, 0.4) is 0 Å². The minimum Gasteiger partial charge on any atom is -0.353 e. The minimum absolute atomic E-state index is 0.0821. The molecule has 6 heteroatoms. The predicted molar refractivity (Wildman–Crippen MR) is 69.8 cm³/mol. The molecule has 0 fully saturated rings. The van der Waals surface area contributed by atoms with Gasteiger partial charge in [0.2, 0.25) is 0 Å². The van der Waals surface area contributed by atoms with Crippen molar-refractivity contribution in [1.29, 1.82) is 0 Å². The van der Waals surface area contributed by atoms with Crippen molar-refractivity contribution < 1.29 is 9.63 Å². The zero-order valence-corrected chi connectivity index (χ0v) is 11.2. The first-order valence-corrected chi connectivity index (χ1v) is 6.51. The summed E-state index contributed by atoms with van der Waals surface area (Å²) in [6.07, 6.45) is 6.86. The molecule has 0 aromatic rings. The Morgan fingerprint density at radius 1 is 1.47 bits per heavy atom. The molecule has 0 bridgehead atoms. The summed E-state index contributed by atoms with van der Waals surface area (Å²) >= 11 is 0. The standard InChI is InChI=1S/C13H18N4O2/c1-3-6-15-7-4-5-10-13(15)17-9-16(19-2)8-11(17)12(18)14-10/h4-5,8H,3,6-7,9H2,1-2H3,(H,14,18). The van der Waals surface area contributed by atoms with Crippen molar-refractivity contribution in [3.8, 4) is 0 Å². The summed E-state index contributed by atoms with van der Waals surface area (Å²) in [4.78, 5) is 21.6. The van der Waals surface area contributed by atoms with E-state index in [4.69, 9.17) is 4.84 Å². The lowest BCUT2D eigenvalue weighted by molar-refractivity contribution is -0.119. The zero-order valence-electron chi connectivity index (χ0n) is 11.2. The van der Waals surface area contributed by atoms with E-state index in [1.54, 1.807) is 18.4 Å². The zero-order chi connectivity index (χ0) is 13.4. The van der Waals surface area contributed by atoms with Gasteiger partial charge in [-0.05, 0) is 12.5 Å². The first kappa shape index (κ1) is 12.1. The Labute approximate surface area is 112 Å². The molecule has 3 rings (SSSR count). The van der Waals surface area contributed by atoms with Gasteiger partial charge in [0, 0.05) is 13.1 Å². The monoisotopic (exact) mass is 262 g/mol. The number of hydroxylamine groups is 2. The van der Waals surface area contributed by atoms with Crippen LogP contribution < -0.4 is 5.32 Å². The van der Waals surface area contributed by atoms with E-state index in [0.29, 0.717) is 12.4 Å². The first-order valence-electron chi connectivity index (χ1n) is 6.51. The highest BCUT2D eigenvalue weighted by Crippen LogP contribution is 2.31. The van der Waals surface area contributed by atoms with Gasteiger partial charge in [-0.25, -0.2) is 5.06 Å². The number of hydrogen-bond acceptors (Lipinski definition) is 5. The number of allylic oxidation sites excluding steroid dienone is 1. The summed E-state index contributed by atoms with van der Waals surface area (Å²) < 4.78 is 0. The van der Waals surface area contributed by atoms with E-state index in [9.17, 15) is 4.79 Å². The van der Waals surface area contributed by atoms with Crippen LogP contribution in [-0.2, 0) is 9.63 Å². The number of carbonyl (C=O) groups excluding carboxylic acids is 1. The number of nitrogens with one attached hydrogen (secondary N) is 1. The molecule has 3 aliphatic rings. The van der Waals surface area contributed by atoms with E-state index >= 15 is 0 Å². The largest absolute Gasteiger partial charge is 0.353 e. The SMILES string of the molecule is CCCN1CC=CC2=C1N1CN(OC)C=C1C(=O)N2. The number of carbonyl (C=O) groups is 1. The third-order valence-electron chi connectivity index (χ3n) is 3.45. The van der Waals surface area contributed by atoms with Gasteiger partial charge in [0.05, 0.1) is 19.0 Å². The third-order valence-corrected chi connectivity index (χ3v) is 3.45. The second kappa shape index (κ2) is 4.62. The van der Waals surface area contributed by atoms with Crippen molar-refractivity contribution in [1.82, 2.24) is 20.2 Å². The maximum Gasteiger partial charge on any atom is 0.274 e. The normalized spacial score (nSPS) is 21.5. The Balaban J connectivity index is 1.98. The number of nitrogens with zero attached hydrogens (tertiary/aromatic N) is 3. The summed E-state index contributed by atoms with van der Waals surface area (Å²) in [6, 6.07) is 0. The Bertz CT molecular complexity index is 495. The van der Waals surface area contributed by atoms with Gasteiger partial charge in [-0.2, -0.15) is 0 Å². The molecule has 0 unspecified atom stereocenters. The quantitative estimate of drug-likeness (QED) is 0.804. The third kappa shape index (κ3) is 1.88. The number of rotatable bonds is 3. The van der Waals surface area contributed by atoms with Gasteiger partial charge in [-0.1, -0.05) is 13.0 Å². The van der Waals surface area contributed by atoms with Gasteiger partial charge < -0.3 is 10.2 Å². The Morgan fingerprint density at radius 3 is 3.05 bits per heavy atom. The van der Waals surface area contributed by atoms with Crippen LogP contribution in [0.25, 0.3) is 0 Å². The molecule has 0 atom stereocenters. The molecule has 0 saturated carbocycles. The highest BCUT2D eigenvalue weighted by molar-refractivity contribution is 5.96. The molecule has 0 radical (unpaired) electrons. The van der Waals surface area contributed by atoms with Crippen molar-refractivity contribution in [3.63, 3.8) is 0 Å². The van der Waals surface area contributed by atoms with Crippen LogP contribution in [0.5, 0.6) is 0 Å². The van der Waals surface area contributed by atoms with Crippen molar-refractivity contribution in [2.45, 2.75) is 13.3 Å². The lowest BCUT2D eigenvalue weighted by Crippen LogP contribution is -2.47. The van der Waals surface area contributed by atoms with Crippen LogP contribution in [0.1, 0.15) is 13.3 Å². The van der Waals surface area contributed by atoms with Crippen LogP contribution in [0.15, 0.2) is 35.6 Å². The van der Waals surface area contributed by atoms with Gasteiger partial charge in [-0.15, -0.1) is 0 Å². The second-order valence-corrected chi connectivity index (χ2v) is 4.72. The molecule has 0 saturated heterocycles.